The van der Waals surface area contributed by atoms with E-state index in [0.29, 0.717) is 11.8 Å². The van der Waals surface area contributed by atoms with Gasteiger partial charge in [-0.1, -0.05) is 20.8 Å². The lowest BCUT2D eigenvalue weighted by Crippen LogP contribution is -2.39. The smallest absolute Gasteiger partial charge is 0.332 e. The topological polar surface area (TPSA) is 29.5 Å². The lowest BCUT2D eigenvalue weighted by molar-refractivity contribution is -0.150. The standard InChI is InChI=1S/C13H21NO2/c1-9(2)13-10(3)11(8-12(15)16-13)14-6-4-5-7-14/h8-10,13H,4-7H2,1-3H3/t10-,13?/m0/s1. The average Bonchev–Trinajstić information content (AvgIpc) is 2.73. The van der Waals surface area contributed by atoms with Crippen molar-refractivity contribution in [2.24, 2.45) is 11.8 Å². The highest BCUT2D eigenvalue weighted by Crippen LogP contribution is 2.31. The number of hydrogen-bond acceptors (Lipinski definition) is 3. The number of ether oxygens (including phenoxy) is 1. The molecule has 1 saturated heterocycles. The Hall–Kier alpha value is -0.990. The molecular formula is C13H21NO2. The molecule has 2 heterocycles. The highest BCUT2D eigenvalue weighted by molar-refractivity contribution is 5.84. The first kappa shape index (κ1) is 11.5. The molecule has 0 N–H and O–H groups in total. The van der Waals surface area contributed by atoms with Crippen LogP contribution in [-0.4, -0.2) is 30.1 Å². The summed E-state index contributed by atoms with van der Waals surface area (Å²) in [5.74, 6) is 0.541. The molecule has 0 bridgehead atoms. The van der Waals surface area contributed by atoms with Crippen LogP contribution >= 0.6 is 0 Å². The monoisotopic (exact) mass is 223 g/mol. The van der Waals surface area contributed by atoms with E-state index in [1.54, 1.807) is 6.08 Å². The number of hydrogen-bond donors (Lipinski definition) is 0. The third kappa shape index (κ3) is 2.08. The van der Waals surface area contributed by atoms with Gasteiger partial charge in [-0.25, -0.2) is 4.79 Å². The zero-order valence-corrected chi connectivity index (χ0v) is 10.4. The number of cyclic esters (lactones) is 1. The fraction of sp³-hybridized carbons (Fsp3) is 0.769. The summed E-state index contributed by atoms with van der Waals surface area (Å²) in [5.41, 5.74) is 1.19. The van der Waals surface area contributed by atoms with Crippen molar-refractivity contribution in [1.29, 1.82) is 0 Å². The summed E-state index contributed by atoms with van der Waals surface area (Å²) in [7, 11) is 0. The minimum atomic E-state index is -0.168. The number of esters is 1. The lowest BCUT2D eigenvalue weighted by Gasteiger charge is -2.36. The molecule has 0 amide bonds. The summed E-state index contributed by atoms with van der Waals surface area (Å²) in [5, 5.41) is 0. The molecule has 0 aromatic carbocycles. The summed E-state index contributed by atoms with van der Waals surface area (Å²) in [4.78, 5) is 13.9. The van der Waals surface area contributed by atoms with Gasteiger partial charge in [-0.15, -0.1) is 0 Å². The van der Waals surface area contributed by atoms with E-state index >= 15 is 0 Å². The summed E-state index contributed by atoms with van der Waals surface area (Å²) < 4.78 is 5.41. The van der Waals surface area contributed by atoms with Gasteiger partial charge in [-0.2, -0.15) is 0 Å². The van der Waals surface area contributed by atoms with Crippen molar-refractivity contribution in [3.63, 3.8) is 0 Å². The summed E-state index contributed by atoms with van der Waals surface area (Å²) in [6, 6.07) is 0. The number of carbonyl (C=O) groups is 1. The highest BCUT2D eigenvalue weighted by atomic mass is 16.5. The van der Waals surface area contributed by atoms with Crippen molar-refractivity contribution >= 4 is 5.97 Å². The molecule has 2 atom stereocenters. The molecule has 0 radical (unpaired) electrons. The van der Waals surface area contributed by atoms with E-state index in [2.05, 4.69) is 25.7 Å². The molecule has 90 valence electrons. The molecule has 0 aromatic rings. The minimum Gasteiger partial charge on any atom is -0.458 e. The SMILES string of the molecule is CC(C)C1OC(=O)C=C(N2CCCC2)[C@@H]1C. The number of nitrogens with zero attached hydrogens (tertiary/aromatic N) is 1. The van der Waals surface area contributed by atoms with Crippen LogP contribution in [0.2, 0.25) is 0 Å². The van der Waals surface area contributed by atoms with Crippen LogP contribution in [0.1, 0.15) is 33.6 Å². The molecule has 2 aliphatic heterocycles. The van der Waals surface area contributed by atoms with E-state index in [1.165, 1.54) is 18.5 Å². The lowest BCUT2D eigenvalue weighted by atomic mass is 9.89. The fourth-order valence-corrected chi connectivity index (χ4v) is 2.76. The molecule has 3 nitrogen and oxygen atoms in total. The predicted molar refractivity (Wildman–Crippen MR) is 62.8 cm³/mol. The van der Waals surface area contributed by atoms with E-state index in [-0.39, 0.29) is 12.1 Å². The van der Waals surface area contributed by atoms with Gasteiger partial charge in [0.25, 0.3) is 0 Å². The van der Waals surface area contributed by atoms with Gasteiger partial charge in [0, 0.05) is 30.8 Å². The normalized spacial score (nSPS) is 30.6. The molecule has 2 aliphatic rings. The first-order chi connectivity index (χ1) is 7.59. The van der Waals surface area contributed by atoms with Crippen molar-refractivity contribution in [2.75, 3.05) is 13.1 Å². The first-order valence-electron chi connectivity index (χ1n) is 6.26. The van der Waals surface area contributed by atoms with Crippen LogP contribution in [0.3, 0.4) is 0 Å². The minimum absolute atomic E-state index is 0.0353. The number of likely N-dealkylation sites (tertiary alicyclic amines) is 1. The Morgan fingerprint density at radius 2 is 2.00 bits per heavy atom. The van der Waals surface area contributed by atoms with Crippen molar-refractivity contribution < 1.29 is 9.53 Å². The van der Waals surface area contributed by atoms with E-state index in [1.807, 2.05) is 0 Å². The molecule has 0 spiro atoms. The second kappa shape index (κ2) is 4.48. The highest BCUT2D eigenvalue weighted by Gasteiger charge is 2.34. The van der Waals surface area contributed by atoms with Crippen LogP contribution in [-0.2, 0) is 9.53 Å². The third-order valence-electron chi connectivity index (χ3n) is 3.61. The number of rotatable bonds is 2. The van der Waals surface area contributed by atoms with Gasteiger partial charge in [-0.3, -0.25) is 0 Å². The van der Waals surface area contributed by atoms with Gasteiger partial charge in [0.1, 0.15) is 6.10 Å². The Balaban J connectivity index is 2.18. The third-order valence-corrected chi connectivity index (χ3v) is 3.61. The van der Waals surface area contributed by atoms with Gasteiger partial charge in [-0.05, 0) is 18.8 Å². The fourth-order valence-electron chi connectivity index (χ4n) is 2.76. The maximum absolute atomic E-state index is 11.6. The van der Waals surface area contributed by atoms with Crippen LogP contribution < -0.4 is 0 Å². The molecular weight excluding hydrogens is 202 g/mol. The predicted octanol–water partition coefficient (Wildman–Crippen LogP) is 2.18. The molecule has 1 unspecified atom stereocenters. The molecule has 0 saturated carbocycles. The van der Waals surface area contributed by atoms with E-state index in [4.69, 9.17) is 4.74 Å². The van der Waals surface area contributed by atoms with Crippen LogP contribution in [0.4, 0.5) is 0 Å². The summed E-state index contributed by atoms with van der Waals surface area (Å²) in [6.07, 6.45) is 4.21. The largest absolute Gasteiger partial charge is 0.458 e. The molecule has 0 aliphatic carbocycles. The molecule has 3 heteroatoms. The van der Waals surface area contributed by atoms with E-state index in [9.17, 15) is 4.79 Å². The van der Waals surface area contributed by atoms with Crippen LogP contribution in [0.5, 0.6) is 0 Å². The first-order valence-corrected chi connectivity index (χ1v) is 6.26. The van der Waals surface area contributed by atoms with Gasteiger partial charge in [0.15, 0.2) is 0 Å². The molecule has 16 heavy (non-hydrogen) atoms. The van der Waals surface area contributed by atoms with Crippen molar-refractivity contribution in [3.05, 3.63) is 11.8 Å². The molecule has 0 aromatic heterocycles. The Morgan fingerprint density at radius 1 is 1.38 bits per heavy atom. The van der Waals surface area contributed by atoms with Gasteiger partial charge in [0.2, 0.25) is 0 Å². The quantitative estimate of drug-likeness (QED) is 0.672. The summed E-state index contributed by atoms with van der Waals surface area (Å²) >= 11 is 0. The average molecular weight is 223 g/mol. The Morgan fingerprint density at radius 3 is 2.56 bits per heavy atom. The second-order valence-corrected chi connectivity index (χ2v) is 5.20. The van der Waals surface area contributed by atoms with Crippen molar-refractivity contribution in [2.45, 2.75) is 39.7 Å². The molecule has 1 fully saturated rings. The van der Waals surface area contributed by atoms with Crippen molar-refractivity contribution in [3.8, 4) is 0 Å². The van der Waals surface area contributed by atoms with Gasteiger partial charge >= 0.3 is 5.97 Å². The molecule has 2 rings (SSSR count). The zero-order chi connectivity index (χ0) is 11.7. The van der Waals surface area contributed by atoms with Crippen LogP contribution in [0.25, 0.3) is 0 Å². The van der Waals surface area contributed by atoms with Gasteiger partial charge < -0.3 is 9.64 Å². The van der Waals surface area contributed by atoms with Crippen LogP contribution in [0.15, 0.2) is 11.8 Å². The van der Waals surface area contributed by atoms with E-state index in [0.717, 1.165) is 13.1 Å². The van der Waals surface area contributed by atoms with Crippen molar-refractivity contribution in [1.82, 2.24) is 4.90 Å². The maximum atomic E-state index is 11.6. The Bertz CT molecular complexity index is 303. The zero-order valence-electron chi connectivity index (χ0n) is 10.4. The van der Waals surface area contributed by atoms with Crippen LogP contribution in [0, 0.1) is 11.8 Å². The Labute approximate surface area is 97.5 Å². The number of carbonyl (C=O) groups excluding carboxylic acids is 1. The maximum Gasteiger partial charge on any atom is 0.332 e. The summed E-state index contributed by atoms with van der Waals surface area (Å²) in [6.45, 7) is 8.58. The second-order valence-electron chi connectivity index (χ2n) is 5.20. The van der Waals surface area contributed by atoms with E-state index < -0.39 is 0 Å². The Kier molecular flexibility index (Phi) is 3.22. The van der Waals surface area contributed by atoms with Gasteiger partial charge in [0.05, 0.1) is 0 Å².